The van der Waals surface area contributed by atoms with Gasteiger partial charge in [0.2, 0.25) is 11.8 Å². The highest BCUT2D eigenvalue weighted by Crippen LogP contribution is 2.45. The van der Waals surface area contributed by atoms with Crippen molar-refractivity contribution in [2.75, 3.05) is 23.7 Å². The van der Waals surface area contributed by atoms with Crippen molar-refractivity contribution in [2.45, 2.75) is 45.6 Å². The van der Waals surface area contributed by atoms with Crippen LogP contribution in [0.15, 0.2) is 127 Å². The summed E-state index contributed by atoms with van der Waals surface area (Å²) in [6, 6.07) is 38.1. The van der Waals surface area contributed by atoms with Crippen LogP contribution in [0, 0.1) is 11.8 Å². The van der Waals surface area contributed by atoms with E-state index >= 15 is 0 Å². The molecule has 0 bridgehead atoms. The molecule has 5 aromatic carbocycles. The molecule has 9 heteroatoms. The molecular formula is C47H46N4O5. The van der Waals surface area contributed by atoms with E-state index in [1.807, 2.05) is 97.9 Å². The predicted octanol–water partition coefficient (Wildman–Crippen LogP) is 9.29. The van der Waals surface area contributed by atoms with Crippen molar-refractivity contribution in [3.05, 3.63) is 150 Å². The van der Waals surface area contributed by atoms with Gasteiger partial charge in [0.1, 0.15) is 0 Å². The summed E-state index contributed by atoms with van der Waals surface area (Å²) >= 11 is 0. The predicted molar refractivity (Wildman–Crippen MR) is 221 cm³/mol. The molecule has 1 aliphatic carbocycles. The fourth-order valence-electron chi connectivity index (χ4n) is 8.08. The van der Waals surface area contributed by atoms with Crippen LogP contribution in [-0.4, -0.2) is 53.0 Å². The van der Waals surface area contributed by atoms with Crippen molar-refractivity contribution in [2.24, 2.45) is 11.8 Å². The van der Waals surface area contributed by atoms with Crippen LogP contribution in [0.3, 0.4) is 0 Å². The third-order valence-corrected chi connectivity index (χ3v) is 11.0. The van der Waals surface area contributed by atoms with Crippen LogP contribution in [0.2, 0.25) is 0 Å². The zero-order valence-electron chi connectivity index (χ0n) is 31.8. The molecule has 1 heterocycles. The number of rotatable bonds is 12. The van der Waals surface area contributed by atoms with E-state index in [1.54, 1.807) is 12.1 Å². The largest absolute Gasteiger partial charge is 0.465 e. The van der Waals surface area contributed by atoms with Gasteiger partial charge in [-0.05, 0) is 63.4 Å². The second-order valence-electron chi connectivity index (χ2n) is 14.8. The Bertz CT molecular complexity index is 2290. The van der Waals surface area contributed by atoms with Crippen LogP contribution in [0.4, 0.5) is 16.2 Å². The average molecular weight is 747 g/mol. The maximum Gasteiger partial charge on any atom is 0.407 e. The summed E-state index contributed by atoms with van der Waals surface area (Å²) in [5.74, 6) is -0.988. The van der Waals surface area contributed by atoms with E-state index in [-0.39, 0.29) is 61.0 Å². The minimum absolute atomic E-state index is 0.0937. The van der Waals surface area contributed by atoms with Gasteiger partial charge in [0.25, 0.3) is 5.91 Å². The van der Waals surface area contributed by atoms with Gasteiger partial charge < -0.3 is 26.0 Å². The van der Waals surface area contributed by atoms with E-state index in [4.69, 9.17) is 0 Å². The quantitative estimate of drug-likeness (QED) is 0.0947. The number of para-hydroxylation sites is 2. The number of hydrogen-bond donors (Lipinski definition) is 4. The molecule has 56 heavy (non-hydrogen) atoms. The van der Waals surface area contributed by atoms with Crippen LogP contribution in [-0.2, 0) is 9.59 Å². The molecular weight excluding hydrogens is 701 g/mol. The molecule has 4 amide bonds. The number of anilines is 2. The molecule has 0 aromatic heterocycles. The van der Waals surface area contributed by atoms with Gasteiger partial charge in [0.05, 0.1) is 6.04 Å². The Morgan fingerprint density at radius 1 is 0.714 bits per heavy atom. The second kappa shape index (κ2) is 16.5. The SMILES string of the molecule is CCC(C)C1NC(=O)c2ccccc2C1=CC(=O)Nc1ccccc1-c1ccccc1NC(=O)CC(C)CN(CC1c2ccccc2-c2ccccc21)C(=O)O. The Labute approximate surface area is 327 Å². The van der Waals surface area contributed by atoms with Crippen molar-refractivity contribution in [1.82, 2.24) is 10.2 Å². The first-order valence-electron chi connectivity index (χ1n) is 19.2. The molecule has 0 radical (unpaired) electrons. The Balaban J connectivity index is 1.06. The fourth-order valence-corrected chi connectivity index (χ4v) is 8.08. The van der Waals surface area contributed by atoms with Gasteiger partial charge in [0, 0.05) is 59.6 Å². The number of amides is 4. The molecule has 2 aliphatic rings. The van der Waals surface area contributed by atoms with Crippen LogP contribution >= 0.6 is 0 Å². The molecule has 1 aliphatic heterocycles. The first kappa shape index (κ1) is 37.8. The lowest BCUT2D eigenvalue weighted by Crippen LogP contribution is -2.44. The van der Waals surface area contributed by atoms with Crippen LogP contribution < -0.4 is 16.0 Å². The summed E-state index contributed by atoms with van der Waals surface area (Å²) in [5.41, 5.74) is 9.07. The Morgan fingerprint density at radius 3 is 1.79 bits per heavy atom. The van der Waals surface area contributed by atoms with Crippen LogP contribution in [0.1, 0.15) is 66.6 Å². The zero-order valence-corrected chi connectivity index (χ0v) is 31.8. The number of benzene rings is 5. The topological polar surface area (TPSA) is 128 Å². The third kappa shape index (κ3) is 7.84. The third-order valence-electron chi connectivity index (χ3n) is 11.0. The van der Waals surface area contributed by atoms with Gasteiger partial charge in [-0.25, -0.2) is 4.79 Å². The molecule has 3 unspecified atom stereocenters. The number of nitrogens with zero attached hydrogens (tertiary/aromatic N) is 1. The average Bonchev–Trinajstić information content (AvgIpc) is 3.51. The van der Waals surface area contributed by atoms with E-state index < -0.39 is 6.09 Å². The number of carbonyl (C=O) groups is 4. The van der Waals surface area contributed by atoms with Gasteiger partial charge in [0.15, 0.2) is 0 Å². The number of nitrogens with one attached hydrogen (secondary N) is 3. The maximum atomic E-state index is 13.7. The summed E-state index contributed by atoms with van der Waals surface area (Å²) in [5, 5.41) is 19.5. The molecule has 5 aromatic rings. The van der Waals surface area contributed by atoms with E-state index in [0.29, 0.717) is 22.5 Å². The van der Waals surface area contributed by atoms with Crippen molar-refractivity contribution in [1.29, 1.82) is 0 Å². The smallest absolute Gasteiger partial charge is 0.407 e. The summed E-state index contributed by atoms with van der Waals surface area (Å²) < 4.78 is 0. The Hall–Kier alpha value is -6.48. The highest BCUT2D eigenvalue weighted by molar-refractivity contribution is 6.11. The summed E-state index contributed by atoms with van der Waals surface area (Å²) in [6.45, 7) is 6.49. The fraction of sp³-hybridized carbons (Fsp3) is 0.234. The lowest BCUT2D eigenvalue weighted by atomic mass is 9.82. The van der Waals surface area contributed by atoms with Crippen molar-refractivity contribution >= 4 is 40.8 Å². The molecule has 7 rings (SSSR count). The van der Waals surface area contributed by atoms with Crippen molar-refractivity contribution in [3.63, 3.8) is 0 Å². The number of carboxylic acid groups (broad SMARTS) is 1. The van der Waals surface area contributed by atoms with Crippen molar-refractivity contribution in [3.8, 4) is 22.3 Å². The lowest BCUT2D eigenvalue weighted by Gasteiger charge is -2.32. The van der Waals surface area contributed by atoms with E-state index in [9.17, 15) is 24.3 Å². The molecule has 284 valence electrons. The molecule has 3 atom stereocenters. The van der Waals surface area contributed by atoms with Gasteiger partial charge in [-0.15, -0.1) is 0 Å². The van der Waals surface area contributed by atoms with Crippen molar-refractivity contribution < 1.29 is 24.3 Å². The number of carbonyl (C=O) groups excluding carboxylic acids is 3. The normalized spacial score (nSPS) is 16.2. The summed E-state index contributed by atoms with van der Waals surface area (Å²) in [6.07, 6.45) is 1.48. The van der Waals surface area contributed by atoms with Gasteiger partial charge in [-0.3, -0.25) is 14.4 Å². The summed E-state index contributed by atoms with van der Waals surface area (Å²) in [7, 11) is 0. The Kier molecular flexibility index (Phi) is 11.1. The zero-order chi connectivity index (χ0) is 39.3. The molecule has 0 fully saturated rings. The minimum Gasteiger partial charge on any atom is -0.465 e. The van der Waals surface area contributed by atoms with E-state index in [0.717, 1.165) is 45.4 Å². The van der Waals surface area contributed by atoms with Gasteiger partial charge in [-0.2, -0.15) is 0 Å². The first-order valence-corrected chi connectivity index (χ1v) is 19.2. The lowest BCUT2D eigenvalue weighted by molar-refractivity contribution is -0.117. The number of hydrogen-bond acceptors (Lipinski definition) is 4. The molecule has 0 spiro atoms. The number of fused-ring (bicyclic) bond motifs is 4. The minimum atomic E-state index is -1.02. The van der Waals surface area contributed by atoms with Gasteiger partial charge >= 0.3 is 6.09 Å². The van der Waals surface area contributed by atoms with Crippen LogP contribution in [0.25, 0.3) is 27.8 Å². The monoisotopic (exact) mass is 746 g/mol. The second-order valence-corrected chi connectivity index (χ2v) is 14.8. The molecule has 0 saturated carbocycles. The highest BCUT2D eigenvalue weighted by Gasteiger charge is 2.33. The first-order chi connectivity index (χ1) is 27.1. The maximum absolute atomic E-state index is 13.7. The van der Waals surface area contributed by atoms with Gasteiger partial charge in [-0.1, -0.05) is 130 Å². The molecule has 9 nitrogen and oxygen atoms in total. The van der Waals surface area contributed by atoms with Crippen LogP contribution in [0.5, 0.6) is 0 Å². The highest BCUT2D eigenvalue weighted by atomic mass is 16.4. The summed E-state index contributed by atoms with van der Waals surface area (Å²) in [4.78, 5) is 54.2. The molecule has 0 saturated heterocycles. The van der Waals surface area contributed by atoms with E-state index in [1.165, 1.54) is 4.90 Å². The standard InChI is InChI=1S/C47H46N4O5/c1-4-30(3)45-39(35-19-9-10-22-38(35)46(54)50-45)26-44(53)49-42-24-14-12-21-37(42)36-20-11-13-23-41(36)48-43(52)25-29(2)27-51(47(55)56)28-40-33-17-7-5-15-31(33)32-16-6-8-18-34(32)40/h5-24,26,29-30,40,45H,4,25,27-28H2,1-3H3,(H,48,52)(H,49,53)(H,50,54)(H,55,56). The Morgan fingerprint density at radius 2 is 1.21 bits per heavy atom. The molecule has 4 N–H and O–H groups in total. The van der Waals surface area contributed by atoms with E-state index in [2.05, 4.69) is 54.1 Å².